The van der Waals surface area contributed by atoms with Gasteiger partial charge in [0.15, 0.2) is 0 Å². The first-order valence-corrected chi connectivity index (χ1v) is 11.2. The topological polar surface area (TPSA) is 44.5 Å². The van der Waals surface area contributed by atoms with Gasteiger partial charge in [0, 0.05) is 37.6 Å². The van der Waals surface area contributed by atoms with Crippen LogP contribution in [-0.2, 0) is 14.1 Å². The Balaban J connectivity index is 1.68. The number of aromatic nitrogens is 6. The number of aryl methyl sites for hydroxylation is 5. The predicted molar refractivity (Wildman–Crippen MR) is 134 cm³/mol. The van der Waals surface area contributed by atoms with Crippen molar-refractivity contribution in [3.05, 3.63) is 71.5 Å². The molecule has 0 N–H and O–H groups in total. The lowest BCUT2D eigenvalue weighted by molar-refractivity contribution is 0.955. The predicted octanol–water partition coefficient (Wildman–Crippen LogP) is 5.71. The third-order valence-corrected chi connectivity index (χ3v) is 7.28. The number of nitrogens with zero attached hydrogens (tertiary/aromatic N) is 6. The van der Waals surface area contributed by atoms with Gasteiger partial charge in [-0.05, 0) is 49.6 Å². The molecule has 0 amide bonds. The Morgan fingerprint density at radius 2 is 1.45 bits per heavy atom. The molecule has 4 heterocycles. The second-order valence-corrected chi connectivity index (χ2v) is 9.14. The van der Waals surface area contributed by atoms with Gasteiger partial charge in [0.1, 0.15) is 0 Å². The minimum atomic E-state index is 0.951. The molecule has 0 bridgehead atoms. The number of hydrogen-bond donors (Lipinski definition) is 0. The summed E-state index contributed by atoms with van der Waals surface area (Å²) in [5, 5.41) is 0. The summed E-state index contributed by atoms with van der Waals surface area (Å²) in [6.45, 7) is 6.56. The monoisotopic (exact) mass is 432 g/mol. The van der Waals surface area contributed by atoms with E-state index in [2.05, 4.69) is 100 Å². The van der Waals surface area contributed by atoms with Crippen LogP contribution in [0.2, 0.25) is 0 Å². The first-order chi connectivity index (χ1) is 16.0. The molecule has 3 aromatic carbocycles. The highest BCUT2D eigenvalue weighted by Gasteiger charge is 2.22. The lowest BCUT2D eigenvalue weighted by atomic mass is 9.95. The molecule has 0 spiro atoms. The fourth-order valence-corrected chi connectivity index (χ4v) is 5.89. The van der Waals surface area contributed by atoms with E-state index in [4.69, 9.17) is 4.98 Å². The van der Waals surface area contributed by atoms with Gasteiger partial charge in [-0.25, -0.2) is 9.97 Å². The molecule has 0 saturated carbocycles. The Morgan fingerprint density at radius 1 is 0.758 bits per heavy atom. The largest absolute Gasteiger partial charge is 0.312 e. The van der Waals surface area contributed by atoms with E-state index in [-0.39, 0.29) is 0 Å². The summed E-state index contributed by atoms with van der Waals surface area (Å²) in [4.78, 5) is 9.76. The minimum absolute atomic E-state index is 0.951. The average Bonchev–Trinajstić information content (AvgIpc) is 3.52. The van der Waals surface area contributed by atoms with Crippen molar-refractivity contribution in [3.63, 3.8) is 0 Å². The van der Waals surface area contributed by atoms with Crippen LogP contribution >= 0.6 is 0 Å². The summed E-state index contributed by atoms with van der Waals surface area (Å²) < 4.78 is 8.89. The summed E-state index contributed by atoms with van der Waals surface area (Å²) in [6, 6.07) is 15.3. The van der Waals surface area contributed by atoms with Crippen molar-refractivity contribution in [1.82, 2.24) is 27.9 Å². The lowest BCUT2D eigenvalue weighted by Crippen LogP contribution is -1.95. The third-order valence-electron chi connectivity index (χ3n) is 7.28. The van der Waals surface area contributed by atoms with Crippen LogP contribution in [0.15, 0.2) is 54.9 Å². The summed E-state index contributed by atoms with van der Waals surface area (Å²) in [6.07, 6.45) is 3.90. The second kappa shape index (κ2) is 6.04. The van der Waals surface area contributed by atoms with Gasteiger partial charge < -0.3 is 9.13 Å². The van der Waals surface area contributed by atoms with Gasteiger partial charge in [-0.1, -0.05) is 30.3 Å². The van der Waals surface area contributed by atoms with E-state index in [1.54, 1.807) is 0 Å². The molecule has 33 heavy (non-hydrogen) atoms. The molecular weight excluding hydrogens is 408 g/mol. The Kier molecular flexibility index (Phi) is 3.39. The average molecular weight is 433 g/mol. The van der Waals surface area contributed by atoms with Crippen LogP contribution in [-0.4, -0.2) is 27.9 Å². The Hall–Kier alpha value is -4.06. The molecule has 6 nitrogen and oxygen atoms in total. The Bertz CT molecular complexity index is 1900. The molecule has 0 aliphatic rings. The Labute approximate surface area is 190 Å². The van der Waals surface area contributed by atoms with Gasteiger partial charge in [0.2, 0.25) is 11.6 Å². The van der Waals surface area contributed by atoms with Crippen LogP contribution in [0.5, 0.6) is 0 Å². The normalized spacial score (nSPS) is 12.4. The molecule has 0 aliphatic carbocycles. The molecule has 6 heteroatoms. The van der Waals surface area contributed by atoms with Crippen molar-refractivity contribution in [2.75, 3.05) is 0 Å². The molecular formula is C27H24N6. The van der Waals surface area contributed by atoms with E-state index in [9.17, 15) is 0 Å². The van der Waals surface area contributed by atoms with Crippen molar-refractivity contribution >= 4 is 44.7 Å². The summed E-state index contributed by atoms with van der Waals surface area (Å²) in [5.41, 5.74) is 13.2. The van der Waals surface area contributed by atoms with E-state index in [1.807, 2.05) is 12.4 Å². The van der Waals surface area contributed by atoms with Crippen molar-refractivity contribution < 1.29 is 0 Å². The highest BCUT2D eigenvalue weighted by Crippen LogP contribution is 2.37. The number of benzene rings is 3. The highest BCUT2D eigenvalue weighted by atomic mass is 15.2. The molecule has 0 atom stereocenters. The number of fused-ring (bicyclic) bond motifs is 8. The molecule has 0 unspecified atom stereocenters. The third kappa shape index (κ3) is 2.13. The second-order valence-electron chi connectivity index (χ2n) is 9.14. The van der Waals surface area contributed by atoms with E-state index in [0.29, 0.717) is 0 Å². The summed E-state index contributed by atoms with van der Waals surface area (Å²) in [5.74, 6) is 1.91. The van der Waals surface area contributed by atoms with Crippen LogP contribution in [0.25, 0.3) is 55.8 Å². The number of imidazole rings is 4. The van der Waals surface area contributed by atoms with Gasteiger partial charge in [0.25, 0.3) is 0 Å². The molecule has 0 radical (unpaired) electrons. The van der Waals surface area contributed by atoms with Gasteiger partial charge in [-0.3, -0.25) is 8.80 Å². The lowest BCUT2D eigenvalue weighted by Gasteiger charge is -2.11. The first-order valence-electron chi connectivity index (χ1n) is 11.2. The molecule has 7 aromatic rings. The van der Waals surface area contributed by atoms with E-state index in [1.165, 1.54) is 44.4 Å². The molecule has 0 fully saturated rings. The number of rotatable bonds is 1. The van der Waals surface area contributed by atoms with Gasteiger partial charge >= 0.3 is 0 Å². The van der Waals surface area contributed by atoms with E-state index in [0.717, 1.165) is 28.1 Å². The van der Waals surface area contributed by atoms with Crippen molar-refractivity contribution in [2.24, 2.45) is 14.1 Å². The van der Waals surface area contributed by atoms with Crippen LogP contribution in [0, 0.1) is 20.8 Å². The van der Waals surface area contributed by atoms with Crippen molar-refractivity contribution in [3.8, 4) is 11.1 Å². The number of hydrogen-bond acceptors (Lipinski definition) is 2. The van der Waals surface area contributed by atoms with Crippen LogP contribution < -0.4 is 0 Å². The van der Waals surface area contributed by atoms with E-state index < -0.39 is 0 Å². The van der Waals surface area contributed by atoms with Crippen LogP contribution in [0.4, 0.5) is 0 Å². The molecule has 0 saturated heterocycles. The standard InChI is InChI=1S/C27H24N6/c1-15-8-6-9-16(2)22(15)18-10-7-11-19-23(18)29-27-31(5)25-17(3)24-20(14-21(25)33(19)27)32-13-12-28-26(32)30(24)4/h6-14H,1-5H3. The van der Waals surface area contributed by atoms with E-state index >= 15 is 0 Å². The maximum Gasteiger partial charge on any atom is 0.215 e. The molecule has 0 aliphatic heterocycles. The summed E-state index contributed by atoms with van der Waals surface area (Å²) in [7, 11) is 4.21. The number of para-hydroxylation sites is 1. The van der Waals surface area contributed by atoms with Gasteiger partial charge in [0.05, 0.1) is 33.1 Å². The molecule has 4 aromatic heterocycles. The Morgan fingerprint density at radius 3 is 2.24 bits per heavy atom. The molecule has 162 valence electrons. The fourth-order valence-electron chi connectivity index (χ4n) is 5.89. The van der Waals surface area contributed by atoms with Gasteiger partial charge in [-0.15, -0.1) is 0 Å². The maximum absolute atomic E-state index is 5.20. The quantitative estimate of drug-likeness (QED) is 0.333. The SMILES string of the molecule is Cc1cccc(C)c1-c1cccc2c1nc1n(C)c3c(C)c4c(cc3n21)n1ccnc1n4C. The molecule has 7 rings (SSSR count). The zero-order chi connectivity index (χ0) is 22.6. The van der Waals surface area contributed by atoms with Crippen molar-refractivity contribution in [1.29, 1.82) is 0 Å². The maximum atomic E-state index is 5.20. The van der Waals surface area contributed by atoms with Crippen LogP contribution in [0.3, 0.4) is 0 Å². The van der Waals surface area contributed by atoms with Crippen molar-refractivity contribution in [2.45, 2.75) is 20.8 Å². The van der Waals surface area contributed by atoms with Gasteiger partial charge in [-0.2, -0.15) is 0 Å². The first kappa shape index (κ1) is 18.5. The summed E-state index contributed by atoms with van der Waals surface area (Å²) >= 11 is 0. The van der Waals surface area contributed by atoms with Crippen LogP contribution in [0.1, 0.15) is 16.7 Å². The smallest absolute Gasteiger partial charge is 0.215 e. The zero-order valence-corrected chi connectivity index (χ0v) is 19.4. The fraction of sp³-hybridized carbons (Fsp3) is 0.185. The highest BCUT2D eigenvalue weighted by molar-refractivity contribution is 6.04. The zero-order valence-electron chi connectivity index (χ0n) is 19.4. The minimum Gasteiger partial charge on any atom is -0.312 e.